The second-order valence-corrected chi connectivity index (χ2v) is 6.22. The van der Waals surface area contributed by atoms with E-state index in [1.807, 2.05) is 12.1 Å². The quantitative estimate of drug-likeness (QED) is 0.905. The van der Waals surface area contributed by atoms with Gasteiger partial charge in [0.25, 0.3) is 0 Å². The Labute approximate surface area is 122 Å². The number of nitrogens with one attached hydrogen (secondary N) is 1. The number of rotatable bonds is 4. The van der Waals surface area contributed by atoms with Gasteiger partial charge in [-0.15, -0.1) is 0 Å². The Bertz CT molecular complexity index is 433. The van der Waals surface area contributed by atoms with E-state index in [1.54, 1.807) is 12.1 Å². The smallest absolute Gasteiger partial charge is 0.127 e. The van der Waals surface area contributed by atoms with Crippen LogP contribution in [0.25, 0.3) is 0 Å². The lowest BCUT2D eigenvalue weighted by Gasteiger charge is -2.45. The number of nitrogens with zero attached hydrogens (tertiary/aromatic N) is 1. The zero-order valence-corrected chi connectivity index (χ0v) is 13.1. The Kier molecular flexibility index (Phi) is 5.17. The van der Waals surface area contributed by atoms with Gasteiger partial charge in [0.15, 0.2) is 0 Å². The van der Waals surface area contributed by atoms with Crippen LogP contribution >= 0.6 is 0 Å². The molecule has 0 bridgehead atoms. The molecular formula is C17H27FN2. The van der Waals surface area contributed by atoms with Crippen molar-refractivity contribution < 1.29 is 4.39 Å². The zero-order chi connectivity index (χ0) is 14.7. The van der Waals surface area contributed by atoms with Crippen LogP contribution in [-0.4, -0.2) is 30.1 Å². The Morgan fingerprint density at radius 3 is 2.60 bits per heavy atom. The zero-order valence-electron chi connectivity index (χ0n) is 13.1. The highest BCUT2D eigenvalue weighted by Gasteiger charge is 2.33. The normalized spacial score (nSPS) is 25.9. The highest BCUT2D eigenvalue weighted by atomic mass is 19.1. The molecule has 0 aromatic heterocycles. The molecule has 3 atom stereocenters. The fraction of sp³-hybridized carbons (Fsp3) is 0.647. The van der Waals surface area contributed by atoms with Gasteiger partial charge in [-0.05, 0) is 25.3 Å². The summed E-state index contributed by atoms with van der Waals surface area (Å²) in [6, 6.07) is 8.28. The van der Waals surface area contributed by atoms with Crippen LogP contribution in [0.4, 0.5) is 4.39 Å². The van der Waals surface area contributed by atoms with Crippen molar-refractivity contribution in [2.75, 3.05) is 13.1 Å². The summed E-state index contributed by atoms with van der Waals surface area (Å²) in [4.78, 5) is 2.48. The third-order valence-corrected chi connectivity index (χ3v) is 4.59. The van der Waals surface area contributed by atoms with Crippen LogP contribution in [-0.2, 0) is 0 Å². The van der Waals surface area contributed by atoms with Gasteiger partial charge in [-0.2, -0.15) is 0 Å². The minimum absolute atomic E-state index is 0.0888. The molecule has 1 aliphatic heterocycles. The molecule has 2 rings (SSSR count). The molecule has 1 saturated heterocycles. The molecule has 1 aliphatic rings. The van der Waals surface area contributed by atoms with Crippen molar-refractivity contribution in [3.8, 4) is 0 Å². The van der Waals surface area contributed by atoms with E-state index in [9.17, 15) is 4.39 Å². The Balaban J connectivity index is 2.23. The highest BCUT2D eigenvalue weighted by Crippen LogP contribution is 2.29. The Hall–Kier alpha value is -0.930. The van der Waals surface area contributed by atoms with Crippen LogP contribution in [0.3, 0.4) is 0 Å². The molecule has 20 heavy (non-hydrogen) atoms. The molecule has 1 aromatic carbocycles. The third-order valence-electron chi connectivity index (χ3n) is 4.59. The van der Waals surface area contributed by atoms with E-state index in [2.05, 4.69) is 37.9 Å². The third kappa shape index (κ3) is 3.21. The number of benzene rings is 1. The van der Waals surface area contributed by atoms with Gasteiger partial charge in [0.05, 0.1) is 0 Å². The summed E-state index contributed by atoms with van der Waals surface area (Å²) < 4.78 is 14.1. The van der Waals surface area contributed by atoms with Crippen LogP contribution in [0, 0.1) is 11.7 Å². The lowest BCUT2D eigenvalue weighted by molar-refractivity contribution is 0.0596. The van der Waals surface area contributed by atoms with E-state index >= 15 is 0 Å². The van der Waals surface area contributed by atoms with E-state index in [-0.39, 0.29) is 11.9 Å². The summed E-state index contributed by atoms with van der Waals surface area (Å²) in [6.07, 6.45) is 1.12. The summed E-state index contributed by atoms with van der Waals surface area (Å²) in [5, 5.41) is 3.62. The monoisotopic (exact) mass is 278 g/mol. The lowest BCUT2D eigenvalue weighted by Crippen LogP contribution is -2.58. The van der Waals surface area contributed by atoms with Gasteiger partial charge < -0.3 is 5.32 Å². The Morgan fingerprint density at radius 1 is 1.30 bits per heavy atom. The molecule has 1 N–H and O–H groups in total. The second kappa shape index (κ2) is 6.68. The first-order valence-electron chi connectivity index (χ1n) is 7.78. The van der Waals surface area contributed by atoms with Crippen molar-refractivity contribution in [1.82, 2.24) is 10.2 Å². The second-order valence-electron chi connectivity index (χ2n) is 6.22. The van der Waals surface area contributed by atoms with Crippen molar-refractivity contribution >= 4 is 0 Å². The number of hydrogen-bond acceptors (Lipinski definition) is 2. The highest BCUT2D eigenvalue weighted by molar-refractivity contribution is 5.21. The van der Waals surface area contributed by atoms with Crippen molar-refractivity contribution in [1.29, 1.82) is 0 Å². The molecule has 0 amide bonds. The molecule has 3 heteroatoms. The van der Waals surface area contributed by atoms with Crippen molar-refractivity contribution in [2.45, 2.75) is 52.2 Å². The van der Waals surface area contributed by atoms with Gasteiger partial charge in [0, 0.05) is 36.8 Å². The maximum Gasteiger partial charge on any atom is 0.127 e. The SMILES string of the molecule is CCC1CN(C(C)c2ccccc2F)C(C(C)C)CN1. The molecule has 1 heterocycles. The lowest BCUT2D eigenvalue weighted by atomic mass is 9.94. The molecule has 1 fully saturated rings. The Morgan fingerprint density at radius 2 is 2.00 bits per heavy atom. The molecular weight excluding hydrogens is 251 g/mol. The summed E-state index contributed by atoms with van der Waals surface area (Å²) in [5.74, 6) is 0.476. The maximum atomic E-state index is 14.1. The maximum absolute atomic E-state index is 14.1. The topological polar surface area (TPSA) is 15.3 Å². The average molecular weight is 278 g/mol. The van der Waals surface area contributed by atoms with Crippen LogP contribution in [0.5, 0.6) is 0 Å². The van der Waals surface area contributed by atoms with Crippen molar-refractivity contribution in [2.24, 2.45) is 5.92 Å². The van der Waals surface area contributed by atoms with Gasteiger partial charge in [-0.1, -0.05) is 39.0 Å². The summed E-state index contributed by atoms with van der Waals surface area (Å²) in [5.41, 5.74) is 0.815. The predicted octanol–water partition coefficient (Wildman–Crippen LogP) is 3.60. The molecule has 0 radical (unpaired) electrons. The minimum atomic E-state index is -0.0888. The van der Waals surface area contributed by atoms with Crippen LogP contribution in [0.15, 0.2) is 24.3 Å². The summed E-state index contributed by atoms with van der Waals surface area (Å²) in [7, 11) is 0. The van der Waals surface area contributed by atoms with Gasteiger partial charge in [0.1, 0.15) is 5.82 Å². The first kappa shape index (κ1) is 15.5. The fourth-order valence-electron chi connectivity index (χ4n) is 3.19. The largest absolute Gasteiger partial charge is 0.311 e. The van der Waals surface area contributed by atoms with Gasteiger partial charge >= 0.3 is 0 Å². The standard InChI is InChI=1S/C17H27FN2/c1-5-14-11-20(17(10-19-14)12(2)3)13(4)15-8-6-7-9-16(15)18/h6-9,12-14,17,19H,5,10-11H2,1-4H3. The van der Waals surface area contributed by atoms with E-state index in [0.717, 1.165) is 25.1 Å². The van der Waals surface area contributed by atoms with E-state index < -0.39 is 0 Å². The van der Waals surface area contributed by atoms with Crippen LogP contribution in [0.1, 0.15) is 45.7 Å². The minimum Gasteiger partial charge on any atom is -0.311 e. The van der Waals surface area contributed by atoms with E-state index in [1.165, 1.54) is 0 Å². The molecule has 1 aromatic rings. The van der Waals surface area contributed by atoms with E-state index in [0.29, 0.717) is 18.0 Å². The first-order chi connectivity index (χ1) is 9.54. The predicted molar refractivity (Wildman–Crippen MR) is 82.2 cm³/mol. The molecule has 2 nitrogen and oxygen atoms in total. The van der Waals surface area contributed by atoms with Gasteiger partial charge in [-0.25, -0.2) is 4.39 Å². The molecule has 0 saturated carbocycles. The number of hydrogen-bond donors (Lipinski definition) is 1. The van der Waals surface area contributed by atoms with Crippen molar-refractivity contribution in [3.05, 3.63) is 35.6 Å². The van der Waals surface area contributed by atoms with Crippen molar-refractivity contribution in [3.63, 3.8) is 0 Å². The van der Waals surface area contributed by atoms with Crippen LogP contribution < -0.4 is 5.32 Å². The number of halogens is 1. The summed E-state index contributed by atoms with van der Waals surface area (Å²) in [6.45, 7) is 10.8. The van der Waals surface area contributed by atoms with Gasteiger partial charge in [0.2, 0.25) is 0 Å². The molecule has 0 spiro atoms. The summed E-state index contributed by atoms with van der Waals surface area (Å²) >= 11 is 0. The molecule has 0 aliphatic carbocycles. The average Bonchev–Trinajstić information content (AvgIpc) is 2.46. The fourth-order valence-corrected chi connectivity index (χ4v) is 3.19. The molecule has 112 valence electrons. The van der Waals surface area contributed by atoms with Crippen LogP contribution in [0.2, 0.25) is 0 Å². The van der Waals surface area contributed by atoms with E-state index in [4.69, 9.17) is 0 Å². The first-order valence-corrected chi connectivity index (χ1v) is 7.78. The van der Waals surface area contributed by atoms with Gasteiger partial charge in [-0.3, -0.25) is 4.90 Å². The number of piperazine rings is 1. The molecule has 3 unspecified atom stereocenters.